The standard InChI is InChI=1S/C7H13F2NO/c1-2-3-6(5-11)10-4-7(8)9/h2-3,6-7,10-11H,4-5H2,1H3/b3-2-/t6-/m0/s1. The van der Waals surface area contributed by atoms with E-state index >= 15 is 0 Å². The predicted octanol–water partition coefficient (Wildman–Crippen LogP) is 0.778. The predicted molar refractivity (Wildman–Crippen MR) is 39.7 cm³/mol. The van der Waals surface area contributed by atoms with E-state index in [9.17, 15) is 8.78 Å². The third-order valence-electron chi connectivity index (χ3n) is 1.16. The molecule has 0 aromatic heterocycles. The number of hydrogen-bond donors (Lipinski definition) is 2. The fourth-order valence-corrected chi connectivity index (χ4v) is 0.666. The van der Waals surface area contributed by atoms with E-state index in [0.717, 1.165) is 0 Å². The van der Waals surface area contributed by atoms with Gasteiger partial charge in [0.25, 0.3) is 6.43 Å². The molecule has 0 bridgehead atoms. The molecule has 0 rings (SSSR count). The highest BCUT2D eigenvalue weighted by Gasteiger charge is 2.05. The lowest BCUT2D eigenvalue weighted by Gasteiger charge is -2.10. The molecule has 0 saturated heterocycles. The summed E-state index contributed by atoms with van der Waals surface area (Å²) in [6.45, 7) is 1.24. The smallest absolute Gasteiger partial charge is 0.250 e. The van der Waals surface area contributed by atoms with Gasteiger partial charge in [-0.2, -0.15) is 0 Å². The Balaban J connectivity index is 3.52. The average molecular weight is 165 g/mol. The number of rotatable bonds is 5. The topological polar surface area (TPSA) is 32.3 Å². The lowest BCUT2D eigenvalue weighted by atomic mass is 10.3. The Labute approximate surface area is 64.9 Å². The Hall–Kier alpha value is -0.480. The minimum Gasteiger partial charge on any atom is -0.394 e. The van der Waals surface area contributed by atoms with E-state index in [-0.39, 0.29) is 19.2 Å². The van der Waals surface area contributed by atoms with Crippen LogP contribution in [0.3, 0.4) is 0 Å². The van der Waals surface area contributed by atoms with Gasteiger partial charge in [-0.15, -0.1) is 0 Å². The first-order valence-electron chi connectivity index (χ1n) is 3.46. The van der Waals surface area contributed by atoms with Gasteiger partial charge in [-0.3, -0.25) is 0 Å². The number of aliphatic hydroxyl groups excluding tert-OH is 1. The molecule has 0 aliphatic carbocycles. The van der Waals surface area contributed by atoms with E-state index in [4.69, 9.17) is 5.11 Å². The zero-order chi connectivity index (χ0) is 8.69. The summed E-state index contributed by atoms with van der Waals surface area (Å²) in [6.07, 6.45) is 0.983. The van der Waals surface area contributed by atoms with Crippen LogP contribution in [0.2, 0.25) is 0 Å². The summed E-state index contributed by atoms with van der Waals surface area (Å²) in [6, 6.07) is -0.353. The summed E-state index contributed by atoms with van der Waals surface area (Å²) in [5.74, 6) is 0. The minimum absolute atomic E-state index is 0.156. The normalized spacial score (nSPS) is 14.6. The molecule has 0 fully saturated rings. The van der Waals surface area contributed by atoms with Crippen LogP contribution in [0.15, 0.2) is 12.2 Å². The zero-order valence-electron chi connectivity index (χ0n) is 6.43. The molecule has 1 atom stereocenters. The summed E-state index contributed by atoms with van der Waals surface area (Å²) in [5, 5.41) is 11.1. The fourth-order valence-electron chi connectivity index (χ4n) is 0.666. The third kappa shape index (κ3) is 5.94. The van der Waals surface area contributed by atoms with Gasteiger partial charge in [0.2, 0.25) is 0 Å². The van der Waals surface area contributed by atoms with E-state index in [1.807, 2.05) is 0 Å². The summed E-state index contributed by atoms with van der Waals surface area (Å²) < 4.78 is 23.2. The Morgan fingerprint density at radius 1 is 1.55 bits per heavy atom. The van der Waals surface area contributed by atoms with Gasteiger partial charge in [0.05, 0.1) is 13.2 Å². The molecule has 0 unspecified atom stereocenters. The molecule has 0 heterocycles. The van der Waals surface area contributed by atoms with Crippen LogP contribution in [0.25, 0.3) is 0 Å². The van der Waals surface area contributed by atoms with Crippen molar-refractivity contribution in [1.82, 2.24) is 5.32 Å². The third-order valence-corrected chi connectivity index (χ3v) is 1.16. The molecule has 0 amide bonds. The number of halogens is 2. The van der Waals surface area contributed by atoms with Crippen LogP contribution in [0.1, 0.15) is 6.92 Å². The Kier molecular flexibility index (Phi) is 5.97. The lowest BCUT2D eigenvalue weighted by Crippen LogP contribution is -2.34. The van der Waals surface area contributed by atoms with Crippen molar-refractivity contribution >= 4 is 0 Å². The minimum atomic E-state index is -2.37. The summed E-state index contributed by atoms with van der Waals surface area (Å²) in [7, 11) is 0. The number of hydrogen-bond acceptors (Lipinski definition) is 2. The van der Waals surface area contributed by atoms with Crippen molar-refractivity contribution in [2.75, 3.05) is 13.2 Å². The quantitative estimate of drug-likeness (QED) is 0.590. The highest BCUT2D eigenvalue weighted by atomic mass is 19.3. The van der Waals surface area contributed by atoms with Gasteiger partial charge < -0.3 is 10.4 Å². The average Bonchev–Trinajstić information content (AvgIpc) is 1.97. The highest BCUT2D eigenvalue weighted by Crippen LogP contribution is 1.91. The van der Waals surface area contributed by atoms with Gasteiger partial charge in [0, 0.05) is 6.04 Å². The Morgan fingerprint density at radius 2 is 2.18 bits per heavy atom. The van der Waals surface area contributed by atoms with Crippen molar-refractivity contribution < 1.29 is 13.9 Å². The second-order valence-corrected chi connectivity index (χ2v) is 2.11. The summed E-state index contributed by atoms with van der Waals surface area (Å²) in [4.78, 5) is 0. The molecule has 0 aliphatic rings. The number of allylic oxidation sites excluding steroid dienone is 1. The molecule has 0 aromatic carbocycles. The molecule has 0 aromatic rings. The van der Waals surface area contributed by atoms with Crippen LogP contribution in [0.5, 0.6) is 0 Å². The van der Waals surface area contributed by atoms with Gasteiger partial charge in [0.15, 0.2) is 0 Å². The SMILES string of the molecule is C/C=C\[C@@H](CO)NCC(F)F. The van der Waals surface area contributed by atoms with Gasteiger partial charge >= 0.3 is 0 Å². The van der Waals surface area contributed by atoms with Crippen molar-refractivity contribution in [3.05, 3.63) is 12.2 Å². The van der Waals surface area contributed by atoms with Crippen LogP contribution in [0, 0.1) is 0 Å². The van der Waals surface area contributed by atoms with Crippen molar-refractivity contribution in [3.63, 3.8) is 0 Å². The van der Waals surface area contributed by atoms with Crippen LogP contribution in [0.4, 0.5) is 8.78 Å². The maximum Gasteiger partial charge on any atom is 0.250 e. The number of nitrogens with one attached hydrogen (secondary N) is 1. The second-order valence-electron chi connectivity index (χ2n) is 2.11. The molecule has 0 aliphatic heterocycles. The zero-order valence-corrected chi connectivity index (χ0v) is 6.43. The lowest BCUT2D eigenvalue weighted by molar-refractivity contribution is 0.138. The monoisotopic (exact) mass is 165 g/mol. The molecular formula is C7H13F2NO. The molecule has 2 N–H and O–H groups in total. The first kappa shape index (κ1) is 10.5. The maximum atomic E-state index is 11.6. The maximum absolute atomic E-state index is 11.6. The molecule has 0 spiro atoms. The van der Waals surface area contributed by atoms with Gasteiger partial charge in [-0.1, -0.05) is 12.2 Å². The van der Waals surface area contributed by atoms with E-state index in [2.05, 4.69) is 5.32 Å². The Morgan fingerprint density at radius 3 is 2.55 bits per heavy atom. The second kappa shape index (κ2) is 6.24. The van der Waals surface area contributed by atoms with Crippen molar-refractivity contribution in [3.8, 4) is 0 Å². The van der Waals surface area contributed by atoms with Gasteiger partial charge in [-0.05, 0) is 6.92 Å². The van der Waals surface area contributed by atoms with E-state index in [1.165, 1.54) is 0 Å². The van der Waals surface area contributed by atoms with Crippen LogP contribution >= 0.6 is 0 Å². The Bertz CT molecular complexity index is 117. The molecule has 4 heteroatoms. The summed E-state index contributed by atoms with van der Waals surface area (Å²) >= 11 is 0. The van der Waals surface area contributed by atoms with Crippen molar-refractivity contribution in [1.29, 1.82) is 0 Å². The highest BCUT2D eigenvalue weighted by molar-refractivity contribution is 4.90. The van der Waals surface area contributed by atoms with Crippen LogP contribution in [-0.2, 0) is 0 Å². The fraction of sp³-hybridized carbons (Fsp3) is 0.714. The van der Waals surface area contributed by atoms with Crippen molar-refractivity contribution in [2.24, 2.45) is 0 Å². The number of alkyl halides is 2. The first-order valence-corrected chi connectivity index (χ1v) is 3.46. The molecule has 11 heavy (non-hydrogen) atoms. The molecule has 66 valence electrons. The van der Waals surface area contributed by atoms with E-state index in [0.29, 0.717) is 0 Å². The van der Waals surface area contributed by atoms with Gasteiger partial charge in [0.1, 0.15) is 0 Å². The van der Waals surface area contributed by atoms with Crippen LogP contribution < -0.4 is 5.32 Å². The van der Waals surface area contributed by atoms with Gasteiger partial charge in [-0.25, -0.2) is 8.78 Å². The van der Waals surface area contributed by atoms with E-state index in [1.54, 1.807) is 19.1 Å². The van der Waals surface area contributed by atoms with E-state index < -0.39 is 6.43 Å². The largest absolute Gasteiger partial charge is 0.394 e. The number of aliphatic hydroxyl groups is 1. The molecule has 0 saturated carbocycles. The molecule has 0 radical (unpaired) electrons. The van der Waals surface area contributed by atoms with Crippen molar-refractivity contribution in [2.45, 2.75) is 19.4 Å². The summed E-state index contributed by atoms with van der Waals surface area (Å²) in [5.41, 5.74) is 0. The first-order chi connectivity index (χ1) is 5.20. The molecular weight excluding hydrogens is 152 g/mol. The van der Waals surface area contributed by atoms with Crippen LogP contribution in [-0.4, -0.2) is 30.7 Å². The molecule has 2 nitrogen and oxygen atoms in total.